The standard InChI is InChI=1S/C22H19.C2H6Si.2ClH.Zr/c1-15(2)18-13-17-9-6-12-21(22(17)14-18)20-11-5-8-16-7-3-4-10-19(16)20;1-3-2;;;/h3-15H,1-2H3;1-2H3;2*1H;/q;;;;+2/p-2. The van der Waals surface area contributed by atoms with Crippen molar-refractivity contribution in [3.05, 3.63) is 77.4 Å². The van der Waals surface area contributed by atoms with E-state index in [0.717, 1.165) is 3.63 Å². The Bertz CT molecular complexity index is 990. The third-order valence-electron chi connectivity index (χ3n) is 5.27. The minimum atomic E-state index is -0.396. The average molecular weight is 504 g/mol. The largest absolute Gasteiger partial charge is 1.00 e. The van der Waals surface area contributed by atoms with Crippen LogP contribution in [0.3, 0.4) is 0 Å². The Hall–Kier alpha value is -0.660. The van der Waals surface area contributed by atoms with Gasteiger partial charge < -0.3 is 24.8 Å². The number of halogens is 2. The Labute approximate surface area is 193 Å². The van der Waals surface area contributed by atoms with Crippen molar-refractivity contribution in [2.75, 3.05) is 0 Å². The second-order valence-corrected chi connectivity index (χ2v) is 20.9. The molecule has 1 atom stereocenters. The molecular formula is C24H25Cl2SiZr. The van der Waals surface area contributed by atoms with E-state index in [-0.39, 0.29) is 30.7 Å². The van der Waals surface area contributed by atoms with Gasteiger partial charge in [-0.15, -0.1) is 0 Å². The summed E-state index contributed by atoms with van der Waals surface area (Å²) in [7, 11) is 0. The summed E-state index contributed by atoms with van der Waals surface area (Å²) in [5, 5.41) is 2.69. The zero-order chi connectivity index (χ0) is 18.3. The minimum absolute atomic E-state index is 0. The van der Waals surface area contributed by atoms with Gasteiger partial charge in [-0.05, 0) is 0 Å². The molecule has 0 bridgehead atoms. The summed E-state index contributed by atoms with van der Waals surface area (Å²) in [6.07, 6.45) is 2.55. The smallest absolute Gasteiger partial charge is 1.00 e. The van der Waals surface area contributed by atoms with Gasteiger partial charge in [-0.25, -0.2) is 0 Å². The van der Waals surface area contributed by atoms with Crippen LogP contribution in [0.5, 0.6) is 0 Å². The van der Waals surface area contributed by atoms with Crippen LogP contribution in [0.25, 0.3) is 28.0 Å². The summed E-state index contributed by atoms with van der Waals surface area (Å²) in [6, 6.07) is 22.5. The van der Waals surface area contributed by atoms with Crippen molar-refractivity contribution < 1.29 is 47.2 Å². The van der Waals surface area contributed by atoms with Crippen molar-refractivity contribution in [1.82, 2.24) is 0 Å². The number of hydrogen-bond acceptors (Lipinski definition) is 0. The average Bonchev–Trinajstić information content (AvgIpc) is 2.99. The summed E-state index contributed by atoms with van der Waals surface area (Å²) < 4.78 is 0.785. The summed E-state index contributed by atoms with van der Waals surface area (Å²) >= 11 is -0.396. The molecule has 0 N–H and O–H groups in total. The van der Waals surface area contributed by atoms with Crippen LogP contribution in [0, 0.1) is 5.92 Å². The third kappa shape index (κ3) is 4.41. The van der Waals surface area contributed by atoms with Gasteiger partial charge in [0.15, 0.2) is 0 Å². The van der Waals surface area contributed by atoms with Gasteiger partial charge in [0.1, 0.15) is 0 Å². The maximum Gasteiger partial charge on any atom is -1.00 e. The zero-order valence-electron chi connectivity index (χ0n) is 16.8. The van der Waals surface area contributed by atoms with Crippen molar-refractivity contribution in [3.63, 3.8) is 0 Å². The van der Waals surface area contributed by atoms with Crippen LogP contribution in [-0.2, 0) is 22.4 Å². The Balaban J connectivity index is 0.00000140. The Morgan fingerprint density at radius 2 is 1.46 bits per heavy atom. The molecule has 3 aromatic rings. The Kier molecular flexibility index (Phi) is 8.35. The van der Waals surface area contributed by atoms with Gasteiger partial charge in [-0.3, -0.25) is 0 Å². The molecule has 1 aliphatic rings. The molecule has 4 rings (SSSR count). The molecule has 0 aliphatic heterocycles. The van der Waals surface area contributed by atoms with E-state index in [9.17, 15) is 0 Å². The maximum absolute atomic E-state index is 2.55. The van der Waals surface area contributed by atoms with E-state index < -0.39 is 22.4 Å². The molecule has 0 amide bonds. The normalized spacial score (nSPS) is 14.9. The predicted octanol–water partition coefficient (Wildman–Crippen LogP) is 0.943. The summed E-state index contributed by atoms with van der Waals surface area (Å²) in [6.45, 7) is 9.78. The van der Waals surface area contributed by atoms with E-state index in [1.165, 1.54) is 27.5 Å². The zero-order valence-corrected chi connectivity index (χ0v) is 21.7. The molecule has 0 aromatic heterocycles. The number of rotatable bonds is 4. The van der Waals surface area contributed by atoms with Crippen LogP contribution in [0.2, 0.25) is 13.1 Å². The SMILES string of the molecule is CC(C)C1=Cc2c(-c3cccc4ccccc34)cccc2[CH]1[Zr+2][Si](C)C.[Cl-].[Cl-]. The predicted molar refractivity (Wildman–Crippen MR) is 112 cm³/mol. The van der Waals surface area contributed by atoms with E-state index >= 15 is 0 Å². The molecule has 28 heavy (non-hydrogen) atoms. The van der Waals surface area contributed by atoms with Gasteiger partial charge in [0.25, 0.3) is 0 Å². The molecule has 1 aliphatic carbocycles. The molecule has 0 saturated heterocycles. The van der Waals surface area contributed by atoms with Crippen molar-refractivity contribution in [2.24, 2.45) is 5.92 Å². The molecule has 0 fully saturated rings. The quantitative estimate of drug-likeness (QED) is 0.465. The fourth-order valence-corrected chi connectivity index (χ4v) is 13.2. The van der Waals surface area contributed by atoms with Crippen LogP contribution in [-0.4, -0.2) is 5.92 Å². The number of benzene rings is 3. The number of fused-ring (bicyclic) bond motifs is 2. The molecule has 0 saturated carbocycles. The van der Waals surface area contributed by atoms with Crippen molar-refractivity contribution >= 4 is 22.8 Å². The summed E-state index contributed by atoms with van der Waals surface area (Å²) in [5.41, 5.74) is 7.62. The fraction of sp³-hybridized carbons (Fsp3) is 0.250. The van der Waals surface area contributed by atoms with Crippen molar-refractivity contribution in [2.45, 2.75) is 30.6 Å². The van der Waals surface area contributed by atoms with E-state index in [1.54, 1.807) is 11.1 Å². The Morgan fingerprint density at radius 1 is 0.821 bits per heavy atom. The van der Waals surface area contributed by atoms with E-state index in [1.807, 2.05) is 0 Å². The fourth-order valence-electron chi connectivity index (χ4n) is 4.07. The molecular weight excluding hydrogens is 478 g/mol. The third-order valence-corrected chi connectivity index (χ3v) is 14.1. The van der Waals surface area contributed by atoms with Crippen LogP contribution in [0.1, 0.15) is 28.6 Å². The van der Waals surface area contributed by atoms with Crippen LogP contribution < -0.4 is 24.8 Å². The summed E-state index contributed by atoms with van der Waals surface area (Å²) in [4.78, 5) is 0. The summed E-state index contributed by atoms with van der Waals surface area (Å²) in [5.74, 6) is 0.542. The first-order chi connectivity index (χ1) is 12.6. The molecule has 3 aromatic carbocycles. The monoisotopic (exact) mass is 501 g/mol. The molecule has 0 spiro atoms. The van der Waals surface area contributed by atoms with E-state index in [0.29, 0.717) is 5.92 Å². The van der Waals surface area contributed by atoms with Crippen LogP contribution in [0.4, 0.5) is 0 Å². The second kappa shape index (κ2) is 9.90. The molecule has 0 heterocycles. The van der Waals surface area contributed by atoms with Gasteiger partial charge in [0.2, 0.25) is 0 Å². The van der Waals surface area contributed by atoms with Gasteiger partial charge in [0.05, 0.1) is 0 Å². The van der Waals surface area contributed by atoms with Crippen molar-refractivity contribution in [1.29, 1.82) is 0 Å². The molecule has 1 unspecified atom stereocenters. The maximum atomic E-state index is 2.55. The van der Waals surface area contributed by atoms with Gasteiger partial charge >= 0.3 is 170 Å². The van der Waals surface area contributed by atoms with Crippen LogP contribution in [0.15, 0.2) is 66.2 Å². The Morgan fingerprint density at radius 3 is 2.18 bits per heavy atom. The van der Waals surface area contributed by atoms with E-state index in [2.05, 4.69) is 93.7 Å². The molecule has 4 heteroatoms. The number of allylic oxidation sites excluding steroid dienone is 1. The first kappa shape index (κ1) is 23.6. The van der Waals surface area contributed by atoms with Gasteiger partial charge in [-0.1, -0.05) is 0 Å². The molecule has 1 radical (unpaired) electrons. The molecule has 143 valence electrons. The van der Waals surface area contributed by atoms with Gasteiger partial charge in [0, 0.05) is 0 Å². The van der Waals surface area contributed by atoms with Gasteiger partial charge in [-0.2, -0.15) is 0 Å². The van der Waals surface area contributed by atoms with Crippen LogP contribution >= 0.6 is 0 Å². The second-order valence-electron chi connectivity index (χ2n) is 7.71. The molecule has 0 nitrogen and oxygen atoms in total. The minimum Gasteiger partial charge on any atom is -1.00 e. The van der Waals surface area contributed by atoms with Crippen molar-refractivity contribution in [3.8, 4) is 11.1 Å². The first-order valence-electron chi connectivity index (χ1n) is 9.45. The first-order valence-corrected chi connectivity index (χ1v) is 17.1. The van der Waals surface area contributed by atoms with E-state index in [4.69, 9.17) is 0 Å². The topological polar surface area (TPSA) is 0 Å². The number of hydrogen-bond donors (Lipinski definition) is 0.